The van der Waals surface area contributed by atoms with Crippen LogP contribution in [0.15, 0.2) is 0 Å². The van der Waals surface area contributed by atoms with Gasteiger partial charge in [-0.25, -0.2) is 0 Å². The summed E-state index contributed by atoms with van der Waals surface area (Å²) in [5.41, 5.74) is 0. The normalized spacial score (nSPS) is 26.5. The molecule has 0 radical (unpaired) electrons. The van der Waals surface area contributed by atoms with Crippen LogP contribution in [0.1, 0.15) is 39.0 Å². The number of ether oxygens (including phenoxy) is 2. The molecule has 0 aliphatic carbocycles. The van der Waals surface area contributed by atoms with Crippen LogP contribution in [-0.2, 0) is 14.3 Å². The molecule has 15 heavy (non-hydrogen) atoms. The SMILES string of the molecule is CCCCCC[C@H]1OC[C@H](C(=O)O)CO1. The van der Waals surface area contributed by atoms with E-state index < -0.39 is 11.9 Å². The quantitative estimate of drug-likeness (QED) is 0.690. The molecule has 1 aliphatic rings. The van der Waals surface area contributed by atoms with Crippen LogP contribution in [0.4, 0.5) is 0 Å². The fourth-order valence-corrected chi connectivity index (χ4v) is 1.59. The summed E-state index contributed by atoms with van der Waals surface area (Å²) in [5, 5.41) is 8.71. The highest BCUT2D eigenvalue weighted by atomic mass is 16.7. The Bertz CT molecular complexity index is 185. The summed E-state index contributed by atoms with van der Waals surface area (Å²) >= 11 is 0. The maximum Gasteiger partial charge on any atom is 0.311 e. The molecule has 0 aromatic heterocycles. The lowest BCUT2D eigenvalue weighted by molar-refractivity contribution is -0.209. The fraction of sp³-hybridized carbons (Fsp3) is 0.909. The Labute approximate surface area is 90.6 Å². The first-order chi connectivity index (χ1) is 7.24. The molecule has 0 amide bonds. The Morgan fingerprint density at radius 2 is 1.93 bits per heavy atom. The lowest BCUT2D eigenvalue weighted by Crippen LogP contribution is -2.36. The number of carboxylic acids is 1. The third-order valence-electron chi connectivity index (χ3n) is 2.61. The summed E-state index contributed by atoms with van der Waals surface area (Å²) in [6.45, 7) is 2.74. The first-order valence-corrected chi connectivity index (χ1v) is 5.70. The van der Waals surface area contributed by atoms with Gasteiger partial charge < -0.3 is 14.6 Å². The van der Waals surface area contributed by atoms with Crippen LogP contribution in [0.3, 0.4) is 0 Å². The molecule has 1 saturated heterocycles. The van der Waals surface area contributed by atoms with E-state index >= 15 is 0 Å². The molecule has 4 nitrogen and oxygen atoms in total. The maximum atomic E-state index is 10.6. The monoisotopic (exact) mass is 216 g/mol. The van der Waals surface area contributed by atoms with Crippen molar-refractivity contribution in [3.05, 3.63) is 0 Å². The molecule has 1 aliphatic heterocycles. The van der Waals surface area contributed by atoms with Crippen LogP contribution in [0.5, 0.6) is 0 Å². The molecule has 1 rings (SSSR count). The van der Waals surface area contributed by atoms with E-state index in [1.54, 1.807) is 0 Å². The van der Waals surface area contributed by atoms with Crippen molar-refractivity contribution in [3.63, 3.8) is 0 Å². The molecular weight excluding hydrogens is 196 g/mol. The lowest BCUT2D eigenvalue weighted by Gasteiger charge is -2.27. The Morgan fingerprint density at radius 3 is 2.47 bits per heavy atom. The standard InChI is InChI=1S/C11H20O4/c1-2-3-4-5-6-10-14-7-9(8-15-10)11(12)13/h9-10H,2-8H2,1H3,(H,12,13)/t9-,10-. The summed E-state index contributed by atoms with van der Waals surface area (Å²) in [6, 6.07) is 0. The van der Waals surface area contributed by atoms with Crippen molar-refractivity contribution in [1.82, 2.24) is 0 Å². The molecule has 88 valence electrons. The predicted molar refractivity (Wildman–Crippen MR) is 55.6 cm³/mol. The van der Waals surface area contributed by atoms with E-state index in [0.717, 1.165) is 12.8 Å². The molecule has 1 N–H and O–H groups in total. The first-order valence-electron chi connectivity index (χ1n) is 5.70. The van der Waals surface area contributed by atoms with Gasteiger partial charge in [-0.15, -0.1) is 0 Å². The molecule has 1 fully saturated rings. The molecule has 0 spiro atoms. The largest absolute Gasteiger partial charge is 0.481 e. The fourth-order valence-electron chi connectivity index (χ4n) is 1.59. The molecule has 0 saturated carbocycles. The van der Waals surface area contributed by atoms with Crippen molar-refractivity contribution in [1.29, 1.82) is 0 Å². The van der Waals surface area contributed by atoms with Gasteiger partial charge in [-0.1, -0.05) is 26.2 Å². The second-order valence-corrected chi connectivity index (χ2v) is 3.98. The smallest absolute Gasteiger partial charge is 0.311 e. The van der Waals surface area contributed by atoms with E-state index in [4.69, 9.17) is 14.6 Å². The number of aliphatic carboxylic acids is 1. The van der Waals surface area contributed by atoms with E-state index in [1.807, 2.05) is 0 Å². The summed E-state index contributed by atoms with van der Waals surface area (Å²) in [4.78, 5) is 10.6. The summed E-state index contributed by atoms with van der Waals surface area (Å²) in [5.74, 6) is -1.32. The van der Waals surface area contributed by atoms with Crippen molar-refractivity contribution in [3.8, 4) is 0 Å². The van der Waals surface area contributed by atoms with Gasteiger partial charge in [0.25, 0.3) is 0 Å². The first kappa shape index (κ1) is 12.5. The Hall–Kier alpha value is -0.610. The van der Waals surface area contributed by atoms with Gasteiger partial charge in [0.05, 0.1) is 13.2 Å². The van der Waals surface area contributed by atoms with Crippen molar-refractivity contribution in [2.75, 3.05) is 13.2 Å². The number of hydrogen-bond acceptors (Lipinski definition) is 3. The van der Waals surface area contributed by atoms with Gasteiger partial charge >= 0.3 is 5.97 Å². The van der Waals surface area contributed by atoms with Gasteiger partial charge in [-0.05, 0) is 12.8 Å². The molecule has 0 aromatic rings. The molecule has 4 heteroatoms. The van der Waals surface area contributed by atoms with Crippen molar-refractivity contribution in [2.24, 2.45) is 5.92 Å². The Morgan fingerprint density at radius 1 is 1.27 bits per heavy atom. The Balaban J connectivity index is 2.07. The zero-order valence-electron chi connectivity index (χ0n) is 9.28. The van der Waals surface area contributed by atoms with Crippen molar-refractivity contribution in [2.45, 2.75) is 45.3 Å². The number of carbonyl (C=O) groups is 1. The summed E-state index contributed by atoms with van der Waals surface area (Å²) in [6.07, 6.45) is 5.44. The van der Waals surface area contributed by atoms with Crippen LogP contribution < -0.4 is 0 Å². The van der Waals surface area contributed by atoms with Crippen molar-refractivity contribution < 1.29 is 19.4 Å². The van der Waals surface area contributed by atoms with Gasteiger partial charge in [-0.2, -0.15) is 0 Å². The molecular formula is C11H20O4. The van der Waals surface area contributed by atoms with E-state index in [9.17, 15) is 4.79 Å². The van der Waals surface area contributed by atoms with Gasteiger partial charge in [0.2, 0.25) is 0 Å². The lowest BCUT2D eigenvalue weighted by atomic mass is 10.1. The van der Waals surface area contributed by atoms with Crippen LogP contribution in [-0.4, -0.2) is 30.6 Å². The number of unbranched alkanes of at least 4 members (excludes halogenated alkanes) is 3. The topological polar surface area (TPSA) is 55.8 Å². The zero-order chi connectivity index (χ0) is 11.1. The third-order valence-corrected chi connectivity index (χ3v) is 2.61. The minimum atomic E-state index is -0.834. The molecule has 0 aromatic carbocycles. The summed E-state index contributed by atoms with van der Waals surface area (Å²) in [7, 11) is 0. The van der Waals surface area contributed by atoms with E-state index in [2.05, 4.69) is 6.92 Å². The molecule has 0 atom stereocenters. The van der Waals surface area contributed by atoms with Gasteiger partial charge in [0, 0.05) is 0 Å². The van der Waals surface area contributed by atoms with Crippen LogP contribution in [0.25, 0.3) is 0 Å². The number of rotatable bonds is 6. The van der Waals surface area contributed by atoms with Gasteiger partial charge in [0.15, 0.2) is 6.29 Å². The van der Waals surface area contributed by atoms with E-state index in [-0.39, 0.29) is 19.5 Å². The van der Waals surface area contributed by atoms with Crippen LogP contribution in [0.2, 0.25) is 0 Å². The number of hydrogen-bond donors (Lipinski definition) is 1. The maximum absolute atomic E-state index is 10.6. The second kappa shape index (κ2) is 6.80. The Kier molecular flexibility index (Phi) is 5.65. The minimum Gasteiger partial charge on any atom is -0.481 e. The van der Waals surface area contributed by atoms with Crippen molar-refractivity contribution >= 4 is 5.97 Å². The highest BCUT2D eigenvalue weighted by molar-refractivity contribution is 5.70. The third kappa shape index (κ3) is 4.62. The zero-order valence-corrected chi connectivity index (χ0v) is 9.28. The van der Waals surface area contributed by atoms with Crippen LogP contribution >= 0.6 is 0 Å². The van der Waals surface area contributed by atoms with E-state index in [1.165, 1.54) is 19.3 Å². The molecule has 0 bridgehead atoms. The minimum absolute atomic E-state index is 0.183. The average molecular weight is 216 g/mol. The predicted octanol–water partition coefficient (Wildman–Crippen LogP) is 2.03. The highest BCUT2D eigenvalue weighted by Gasteiger charge is 2.26. The van der Waals surface area contributed by atoms with Crippen LogP contribution in [0, 0.1) is 5.92 Å². The average Bonchev–Trinajstić information content (AvgIpc) is 2.25. The number of carboxylic acid groups (broad SMARTS) is 1. The second-order valence-electron chi connectivity index (χ2n) is 3.98. The molecule has 0 unspecified atom stereocenters. The highest BCUT2D eigenvalue weighted by Crippen LogP contribution is 2.16. The summed E-state index contributed by atoms with van der Waals surface area (Å²) < 4.78 is 10.7. The molecule has 1 heterocycles. The van der Waals surface area contributed by atoms with Gasteiger partial charge in [-0.3, -0.25) is 4.79 Å². The van der Waals surface area contributed by atoms with Gasteiger partial charge in [0.1, 0.15) is 5.92 Å². The van der Waals surface area contributed by atoms with E-state index in [0.29, 0.717) is 0 Å².